The molecule has 2 aromatic rings. The fourth-order valence-corrected chi connectivity index (χ4v) is 3.62. The van der Waals surface area contributed by atoms with Gasteiger partial charge in [-0.2, -0.15) is 0 Å². The zero-order valence-corrected chi connectivity index (χ0v) is 13.2. The number of amides is 1. The van der Waals surface area contributed by atoms with Crippen LogP contribution >= 0.6 is 11.3 Å². The van der Waals surface area contributed by atoms with Crippen molar-refractivity contribution in [3.8, 4) is 0 Å². The standard InChI is InChI=1S/C16H20N2O2S/c1-11(9-17-16(19)14-4-7-20-12(14)2)18-6-3-15-13(10-18)5-8-21-15/h4-5,7-8,11H,3,6,9-10H2,1-2H3,(H,17,19). The molecule has 21 heavy (non-hydrogen) atoms. The summed E-state index contributed by atoms with van der Waals surface area (Å²) in [5, 5.41) is 5.17. The molecule has 0 bridgehead atoms. The number of rotatable bonds is 4. The zero-order valence-electron chi connectivity index (χ0n) is 12.4. The largest absolute Gasteiger partial charge is 0.469 e. The molecule has 3 heterocycles. The van der Waals surface area contributed by atoms with Gasteiger partial charge in [0.25, 0.3) is 5.91 Å². The third-order valence-corrected chi connectivity index (χ3v) is 5.15. The van der Waals surface area contributed by atoms with E-state index in [2.05, 4.69) is 28.6 Å². The van der Waals surface area contributed by atoms with Crippen LogP contribution in [0.3, 0.4) is 0 Å². The van der Waals surface area contributed by atoms with Gasteiger partial charge in [0, 0.05) is 30.6 Å². The molecule has 1 amide bonds. The number of hydrogen-bond donors (Lipinski definition) is 1. The van der Waals surface area contributed by atoms with Crippen LogP contribution in [-0.2, 0) is 13.0 Å². The van der Waals surface area contributed by atoms with Gasteiger partial charge in [0.2, 0.25) is 0 Å². The third kappa shape index (κ3) is 3.04. The average molecular weight is 304 g/mol. The number of thiophene rings is 1. The molecule has 112 valence electrons. The first kappa shape index (κ1) is 14.4. The Hall–Kier alpha value is -1.59. The summed E-state index contributed by atoms with van der Waals surface area (Å²) in [6, 6.07) is 4.26. The summed E-state index contributed by atoms with van der Waals surface area (Å²) < 4.78 is 5.17. The summed E-state index contributed by atoms with van der Waals surface area (Å²) in [6.07, 6.45) is 2.67. The van der Waals surface area contributed by atoms with Crippen molar-refractivity contribution in [1.29, 1.82) is 0 Å². The van der Waals surface area contributed by atoms with Gasteiger partial charge in [-0.05, 0) is 43.3 Å². The van der Waals surface area contributed by atoms with Gasteiger partial charge >= 0.3 is 0 Å². The van der Waals surface area contributed by atoms with E-state index in [1.165, 1.54) is 10.4 Å². The molecule has 2 aromatic heterocycles. The number of carbonyl (C=O) groups is 1. The number of nitrogens with one attached hydrogen (secondary N) is 1. The molecule has 1 unspecified atom stereocenters. The third-order valence-electron chi connectivity index (χ3n) is 4.12. The minimum absolute atomic E-state index is 0.0543. The highest BCUT2D eigenvalue weighted by Gasteiger charge is 2.22. The number of nitrogens with zero attached hydrogens (tertiary/aromatic N) is 1. The highest BCUT2D eigenvalue weighted by Crippen LogP contribution is 2.25. The van der Waals surface area contributed by atoms with E-state index in [-0.39, 0.29) is 5.91 Å². The zero-order chi connectivity index (χ0) is 14.8. The van der Waals surface area contributed by atoms with Crippen molar-refractivity contribution >= 4 is 17.2 Å². The van der Waals surface area contributed by atoms with Crippen LogP contribution in [0.1, 0.15) is 33.5 Å². The molecule has 1 aliphatic rings. The lowest BCUT2D eigenvalue weighted by Crippen LogP contribution is -2.44. The second-order valence-corrected chi connectivity index (χ2v) is 6.54. The van der Waals surface area contributed by atoms with Gasteiger partial charge in [0.15, 0.2) is 0 Å². The van der Waals surface area contributed by atoms with E-state index < -0.39 is 0 Å². The molecular weight excluding hydrogens is 284 g/mol. The molecule has 0 fully saturated rings. The summed E-state index contributed by atoms with van der Waals surface area (Å²) in [6.45, 7) is 6.68. The van der Waals surface area contributed by atoms with Crippen molar-refractivity contribution < 1.29 is 9.21 Å². The Bertz CT molecular complexity index is 632. The van der Waals surface area contributed by atoms with Crippen molar-refractivity contribution in [3.63, 3.8) is 0 Å². The first-order valence-electron chi connectivity index (χ1n) is 7.26. The van der Waals surface area contributed by atoms with Gasteiger partial charge in [-0.25, -0.2) is 0 Å². The lowest BCUT2D eigenvalue weighted by molar-refractivity contribution is 0.0931. The minimum Gasteiger partial charge on any atom is -0.469 e. The maximum Gasteiger partial charge on any atom is 0.254 e. The highest BCUT2D eigenvalue weighted by molar-refractivity contribution is 7.10. The van der Waals surface area contributed by atoms with Crippen LogP contribution in [0.2, 0.25) is 0 Å². The summed E-state index contributed by atoms with van der Waals surface area (Å²) in [5.74, 6) is 0.613. The van der Waals surface area contributed by atoms with E-state index in [0.717, 1.165) is 19.5 Å². The summed E-state index contributed by atoms with van der Waals surface area (Å²) in [7, 11) is 0. The average Bonchev–Trinajstić information content (AvgIpc) is 3.11. The monoisotopic (exact) mass is 304 g/mol. The van der Waals surface area contributed by atoms with E-state index in [1.54, 1.807) is 19.3 Å². The Labute approximate surface area is 128 Å². The molecule has 1 N–H and O–H groups in total. The predicted octanol–water partition coefficient (Wildman–Crippen LogP) is 2.83. The van der Waals surface area contributed by atoms with Crippen LogP contribution in [0.25, 0.3) is 0 Å². The van der Waals surface area contributed by atoms with Gasteiger partial charge in [0.1, 0.15) is 5.76 Å². The van der Waals surface area contributed by atoms with Gasteiger partial charge in [-0.15, -0.1) is 11.3 Å². The molecule has 0 aliphatic carbocycles. The molecule has 0 saturated heterocycles. The molecular formula is C16H20N2O2S. The fourth-order valence-electron chi connectivity index (χ4n) is 2.73. The number of fused-ring (bicyclic) bond motifs is 1. The molecule has 0 aromatic carbocycles. The maximum atomic E-state index is 12.1. The summed E-state index contributed by atoms with van der Waals surface area (Å²) in [5.41, 5.74) is 2.07. The van der Waals surface area contributed by atoms with E-state index in [4.69, 9.17) is 4.42 Å². The number of hydrogen-bond acceptors (Lipinski definition) is 4. The lowest BCUT2D eigenvalue weighted by atomic mass is 10.1. The summed E-state index contributed by atoms with van der Waals surface area (Å²) in [4.78, 5) is 16.0. The first-order valence-corrected chi connectivity index (χ1v) is 8.14. The summed E-state index contributed by atoms with van der Waals surface area (Å²) >= 11 is 1.85. The van der Waals surface area contributed by atoms with Gasteiger partial charge in [-0.1, -0.05) is 0 Å². The Morgan fingerprint density at radius 2 is 2.38 bits per heavy atom. The van der Waals surface area contributed by atoms with Crippen LogP contribution in [0.4, 0.5) is 0 Å². The van der Waals surface area contributed by atoms with Gasteiger partial charge < -0.3 is 9.73 Å². The normalized spacial score (nSPS) is 16.5. The molecule has 1 atom stereocenters. The Kier molecular flexibility index (Phi) is 4.12. The maximum absolute atomic E-state index is 12.1. The van der Waals surface area contributed by atoms with Crippen molar-refractivity contribution in [2.75, 3.05) is 13.1 Å². The van der Waals surface area contributed by atoms with E-state index in [0.29, 0.717) is 23.9 Å². The first-order chi connectivity index (χ1) is 10.1. The van der Waals surface area contributed by atoms with Gasteiger partial charge in [0.05, 0.1) is 11.8 Å². The van der Waals surface area contributed by atoms with E-state index >= 15 is 0 Å². The van der Waals surface area contributed by atoms with Crippen LogP contribution in [0, 0.1) is 6.92 Å². The molecule has 1 aliphatic heterocycles. The van der Waals surface area contributed by atoms with E-state index in [9.17, 15) is 4.79 Å². The van der Waals surface area contributed by atoms with Crippen LogP contribution < -0.4 is 5.32 Å². The van der Waals surface area contributed by atoms with Crippen molar-refractivity contribution in [3.05, 3.63) is 45.5 Å². The fraction of sp³-hybridized carbons (Fsp3) is 0.438. The number of furan rings is 1. The van der Waals surface area contributed by atoms with Crippen molar-refractivity contribution in [2.45, 2.75) is 32.9 Å². The Balaban J connectivity index is 1.54. The minimum atomic E-state index is -0.0543. The van der Waals surface area contributed by atoms with Crippen LogP contribution in [-0.4, -0.2) is 29.9 Å². The second kappa shape index (κ2) is 6.03. The van der Waals surface area contributed by atoms with Crippen molar-refractivity contribution in [2.24, 2.45) is 0 Å². The molecule has 4 nitrogen and oxygen atoms in total. The lowest BCUT2D eigenvalue weighted by Gasteiger charge is -2.32. The van der Waals surface area contributed by atoms with E-state index in [1.807, 2.05) is 11.3 Å². The second-order valence-electron chi connectivity index (χ2n) is 5.54. The smallest absolute Gasteiger partial charge is 0.254 e. The Morgan fingerprint density at radius 1 is 1.52 bits per heavy atom. The Morgan fingerprint density at radius 3 is 3.14 bits per heavy atom. The molecule has 3 rings (SSSR count). The quantitative estimate of drug-likeness (QED) is 0.945. The molecule has 0 saturated carbocycles. The number of carbonyl (C=O) groups excluding carboxylic acids is 1. The van der Waals surface area contributed by atoms with Crippen LogP contribution in [0.5, 0.6) is 0 Å². The predicted molar refractivity (Wildman–Crippen MR) is 83.7 cm³/mol. The molecule has 0 spiro atoms. The topological polar surface area (TPSA) is 45.5 Å². The highest BCUT2D eigenvalue weighted by atomic mass is 32.1. The van der Waals surface area contributed by atoms with Gasteiger partial charge in [-0.3, -0.25) is 9.69 Å². The molecule has 0 radical (unpaired) electrons. The molecule has 5 heteroatoms. The SMILES string of the molecule is Cc1occc1C(=O)NCC(C)N1CCc2sccc2C1. The number of aryl methyl sites for hydroxylation is 1. The van der Waals surface area contributed by atoms with Crippen molar-refractivity contribution in [1.82, 2.24) is 10.2 Å². The van der Waals surface area contributed by atoms with Crippen LogP contribution in [0.15, 0.2) is 28.2 Å².